The fraction of sp³-hybridized carbons (Fsp3) is 0.875. The second-order valence-electron chi connectivity index (χ2n) is 3.48. The number of carbonyl (C=O) groups is 1. The SMILES string of the molecule is N[C@@H](CC1CCC1)[C@@H](O)C(=O)O. The first-order valence-corrected chi connectivity index (χ1v) is 4.27. The fourth-order valence-electron chi connectivity index (χ4n) is 1.43. The number of aliphatic hydroxyl groups is 1. The van der Waals surface area contributed by atoms with Crippen LogP contribution < -0.4 is 5.73 Å². The van der Waals surface area contributed by atoms with E-state index in [1.54, 1.807) is 0 Å². The number of hydrogen-bond acceptors (Lipinski definition) is 3. The van der Waals surface area contributed by atoms with Crippen LogP contribution in [0.25, 0.3) is 0 Å². The van der Waals surface area contributed by atoms with Gasteiger partial charge in [0.1, 0.15) is 0 Å². The minimum absolute atomic E-state index is 0.536. The summed E-state index contributed by atoms with van der Waals surface area (Å²) < 4.78 is 0. The number of aliphatic hydroxyl groups excluding tert-OH is 1. The van der Waals surface area contributed by atoms with Crippen LogP contribution in [0, 0.1) is 5.92 Å². The predicted octanol–water partition coefficient (Wildman–Crippen LogP) is -0.0506. The van der Waals surface area contributed by atoms with Crippen LogP contribution in [0.2, 0.25) is 0 Å². The Morgan fingerprint density at radius 3 is 2.50 bits per heavy atom. The van der Waals surface area contributed by atoms with E-state index in [4.69, 9.17) is 15.9 Å². The maximum Gasteiger partial charge on any atom is 0.334 e. The summed E-state index contributed by atoms with van der Waals surface area (Å²) >= 11 is 0. The van der Waals surface area contributed by atoms with Gasteiger partial charge in [0, 0.05) is 6.04 Å². The van der Waals surface area contributed by atoms with Crippen molar-refractivity contribution in [3.05, 3.63) is 0 Å². The molecule has 1 fully saturated rings. The van der Waals surface area contributed by atoms with E-state index in [0.717, 1.165) is 12.8 Å². The predicted molar refractivity (Wildman–Crippen MR) is 43.6 cm³/mol. The highest BCUT2D eigenvalue weighted by Crippen LogP contribution is 2.30. The van der Waals surface area contributed by atoms with E-state index in [1.165, 1.54) is 6.42 Å². The number of carboxylic acid groups (broad SMARTS) is 1. The molecule has 1 aliphatic carbocycles. The Morgan fingerprint density at radius 1 is 1.58 bits per heavy atom. The van der Waals surface area contributed by atoms with Crippen LogP contribution in [0.15, 0.2) is 0 Å². The average Bonchev–Trinajstić information content (AvgIpc) is 1.94. The zero-order valence-corrected chi connectivity index (χ0v) is 6.94. The summed E-state index contributed by atoms with van der Waals surface area (Å²) in [5.41, 5.74) is 5.50. The van der Waals surface area contributed by atoms with Gasteiger partial charge in [0.15, 0.2) is 6.10 Å². The van der Waals surface area contributed by atoms with Crippen molar-refractivity contribution in [2.75, 3.05) is 0 Å². The molecule has 4 N–H and O–H groups in total. The zero-order chi connectivity index (χ0) is 9.14. The minimum atomic E-state index is -1.40. The average molecular weight is 173 g/mol. The number of aliphatic carboxylic acids is 1. The third-order valence-electron chi connectivity index (χ3n) is 2.49. The van der Waals surface area contributed by atoms with E-state index in [2.05, 4.69) is 0 Å². The number of hydrogen-bond donors (Lipinski definition) is 3. The largest absolute Gasteiger partial charge is 0.479 e. The van der Waals surface area contributed by atoms with E-state index in [0.29, 0.717) is 12.3 Å². The van der Waals surface area contributed by atoms with Gasteiger partial charge in [-0.3, -0.25) is 0 Å². The van der Waals surface area contributed by atoms with Gasteiger partial charge in [-0.1, -0.05) is 19.3 Å². The maximum atomic E-state index is 10.3. The molecule has 0 bridgehead atoms. The first-order chi connectivity index (χ1) is 5.61. The lowest BCUT2D eigenvalue weighted by molar-refractivity contribution is -0.148. The molecule has 0 aromatic heterocycles. The van der Waals surface area contributed by atoms with Gasteiger partial charge < -0.3 is 15.9 Å². The molecule has 12 heavy (non-hydrogen) atoms. The lowest BCUT2D eigenvalue weighted by Gasteiger charge is -2.28. The standard InChI is InChI=1S/C8H15NO3/c9-6(7(10)8(11)12)4-5-2-1-3-5/h5-7,10H,1-4,9H2,(H,11,12)/t6-,7+/m0/s1. The molecule has 0 heterocycles. The lowest BCUT2D eigenvalue weighted by atomic mass is 9.80. The van der Waals surface area contributed by atoms with E-state index >= 15 is 0 Å². The summed E-state index contributed by atoms with van der Waals surface area (Å²) in [6.45, 7) is 0. The highest BCUT2D eigenvalue weighted by atomic mass is 16.4. The lowest BCUT2D eigenvalue weighted by Crippen LogP contribution is -2.42. The summed E-state index contributed by atoms with van der Waals surface area (Å²) in [5.74, 6) is -0.684. The molecule has 0 aromatic carbocycles. The summed E-state index contributed by atoms with van der Waals surface area (Å²) in [6, 6.07) is -0.604. The van der Waals surface area contributed by atoms with E-state index in [-0.39, 0.29) is 0 Å². The van der Waals surface area contributed by atoms with Crippen LogP contribution in [0.3, 0.4) is 0 Å². The van der Waals surface area contributed by atoms with Crippen molar-refractivity contribution in [2.45, 2.75) is 37.8 Å². The normalized spacial score (nSPS) is 22.8. The van der Waals surface area contributed by atoms with Crippen LogP contribution in [0.1, 0.15) is 25.7 Å². The van der Waals surface area contributed by atoms with Gasteiger partial charge in [0.05, 0.1) is 0 Å². The molecule has 70 valence electrons. The Kier molecular flexibility index (Phi) is 3.05. The van der Waals surface area contributed by atoms with Crippen molar-refractivity contribution < 1.29 is 15.0 Å². The molecule has 0 spiro atoms. The van der Waals surface area contributed by atoms with E-state index in [1.807, 2.05) is 0 Å². The number of nitrogens with two attached hydrogens (primary N) is 1. The molecule has 0 amide bonds. The topological polar surface area (TPSA) is 83.5 Å². The Bertz CT molecular complexity index is 168. The van der Waals surface area contributed by atoms with Gasteiger partial charge in [-0.05, 0) is 12.3 Å². The van der Waals surface area contributed by atoms with Crippen molar-refractivity contribution in [1.29, 1.82) is 0 Å². The first kappa shape index (κ1) is 9.48. The summed E-state index contributed by atoms with van der Waals surface area (Å²) in [7, 11) is 0. The highest BCUT2D eigenvalue weighted by Gasteiger charge is 2.27. The molecule has 1 aliphatic rings. The molecule has 0 aliphatic heterocycles. The Morgan fingerprint density at radius 2 is 2.17 bits per heavy atom. The van der Waals surface area contributed by atoms with Gasteiger partial charge in [-0.2, -0.15) is 0 Å². The molecule has 2 atom stereocenters. The third-order valence-corrected chi connectivity index (χ3v) is 2.49. The van der Waals surface area contributed by atoms with Gasteiger partial charge >= 0.3 is 5.97 Å². The van der Waals surface area contributed by atoms with Crippen molar-refractivity contribution in [1.82, 2.24) is 0 Å². The molecular weight excluding hydrogens is 158 g/mol. The van der Waals surface area contributed by atoms with Crippen LogP contribution in [-0.4, -0.2) is 28.3 Å². The Hall–Kier alpha value is -0.610. The molecule has 4 heteroatoms. The number of rotatable bonds is 4. The van der Waals surface area contributed by atoms with Gasteiger partial charge in [0.25, 0.3) is 0 Å². The van der Waals surface area contributed by atoms with Crippen LogP contribution in [-0.2, 0) is 4.79 Å². The van der Waals surface area contributed by atoms with Crippen LogP contribution in [0.4, 0.5) is 0 Å². The summed E-state index contributed by atoms with van der Waals surface area (Å²) in [5, 5.41) is 17.5. The van der Waals surface area contributed by atoms with Crippen LogP contribution in [0.5, 0.6) is 0 Å². The number of carboxylic acids is 1. The highest BCUT2D eigenvalue weighted by molar-refractivity contribution is 5.72. The Labute approximate surface area is 71.4 Å². The third kappa shape index (κ3) is 2.19. The first-order valence-electron chi connectivity index (χ1n) is 4.27. The maximum absolute atomic E-state index is 10.3. The van der Waals surface area contributed by atoms with Crippen molar-refractivity contribution in [3.63, 3.8) is 0 Å². The van der Waals surface area contributed by atoms with Gasteiger partial charge in [-0.25, -0.2) is 4.79 Å². The molecule has 0 saturated heterocycles. The molecule has 4 nitrogen and oxygen atoms in total. The molecule has 0 unspecified atom stereocenters. The second-order valence-corrected chi connectivity index (χ2v) is 3.48. The van der Waals surface area contributed by atoms with E-state index in [9.17, 15) is 4.79 Å². The quantitative estimate of drug-likeness (QED) is 0.556. The van der Waals surface area contributed by atoms with Gasteiger partial charge in [-0.15, -0.1) is 0 Å². The van der Waals surface area contributed by atoms with Crippen molar-refractivity contribution >= 4 is 5.97 Å². The molecule has 1 rings (SSSR count). The van der Waals surface area contributed by atoms with Gasteiger partial charge in [0.2, 0.25) is 0 Å². The van der Waals surface area contributed by atoms with Crippen molar-refractivity contribution in [3.8, 4) is 0 Å². The summed E-state index contributed by atoms with van der Waals surface area (Å²) in [4.78, 5) is 10.3. The monoisotopic (exact) mass is 173 g/mol. The fourth-order valence-corrected chi connectivity index (χ4v) is 1.43. The van der Waals surface area contributed by atoms with Crippen molar-refractivity contribution in [2.24, 2.45) is 11.7 Å². The summed E-state index contributed by atoms with van der Waals surface area (Å²) in [6.07, 6.45) is 2.69. The molecule has 0 radical (unpaired) electrons. The molecule has 1 saturated carbocycles. The minimum Gasteiger partial charge on any atom is -0.479 e. The molecule has 0 aromatic rings. The second kappa shape index (κ2) is 3.87. The van der Waals surface area contributed by atoms with Crippen LogP contribution >= 0.6 is 0 Å². The Balaban J connectivity index is 2.25. The van der Waals surface area contributed by atoms with E-state index < -0.39 is 18.1 Å². The smallest absolute Gasteiger partial charge is 0.334 e. The molecular formula is C8H15NO3. The zero-order valence-electron chi connectivity index (χ0n) is 6.94.